The van der Waals surface area contributed by atoms with Crippen molar-refractivity contribution in [3.05, 3.63) is 35.4 Å². The first-order valence-electron chi connectivity index (χ1n) is 6.91. The van der Waals surface area contributed by atoms with Crippen molar-refractivity contribution in [2.75, 3.05) is 20.1 Å². The molecule has 2 unspecified atom stereocenters. The zero-order chi connectivity index (χ0) is 14.3. The first-order valence-corrected chi connectivity index (χ1v) is 6.91. The van der Waals surface area contributed by atoms with Crippen molar-refractivity contribution in [2.24, 2.45) is 0 Å². The van der Waals surface area contributed by atoms with Gasteiger partial charge in [0, 0.05) is 20.1 Å². The minimum absolute atomic E-state index is 0.0376. The molecule has 1 fully saturated rings. The van der Waals surface area contributed by atoms with E-state index in [1.807, 2.05) is 29.2 Å². The summed E-state index contributed by atoms with van der Waals surface area (Å²) < 4.78 is 0. The van der Waals surface area contributed by atoms with Crippen LogP contribution in [0.25, 0.3) is 0 Å². The molecule has 1 saturated heterocycles. The molecule has 0 aliphatic carbocycles. The fraction of sp³-hybridized carbons (Fsp3) is 0.467. The highest BCUT2D eigenvalue weighted by molar-refractivity contribution is 5.85. The third-order valence-electron chi connectivity index (χ3n) is 4.35. The highest BCUT2D eigenvalue weighted by Gasteiger charge is 2.42. The van der Waals surface area contributed by atoms with E-state index >= 15 is 0 Å². The molecule has 2 atom stereocenters. The summed E-state index contributed by atoms with van der Waals surface area (Å²) in [7, 11) is 1.77. The number of carboxylic acid groups (broad SMARTS) is 1. The minimum Gasteiger partial charge on any atom is -0.480 e. The number of benzene rings is 1. The summed E-state index contributed by atoms with van der Waals surface area (Å²) in [5.41, 5.74) is 1.91. The summed E-state index contributed by atoms with van der Waals surface area (Å²) in [6.07, 6.45) is 1.51. The quantitative estimate of drug-likeness (QED) is 0.870. The Hall–Kier alpha value is -1.88. The van der Waals surface area contributed by atoms with Gasteiger partial charge in [-0.05, 0) is 24.0 Å². The average Bonchev–Trinajstić information content (AvgIpc) is 2.77. The third-order valence-corrected chi connectivity index (χ3v) is 4.35. The highest BCUT2D eigenvalue weighted by atomic mass is 16.4. The number of hydrogen-bond donors (Lipinski definition) is 1. The van der Waals surface area contributed by atoms with E-state index in [1.165, 1.54) is 0 Å². The van der Waals surface area contributed by atoms with Crippen LogP contribution in [0.15, 0.2) is 24.3 Å². The monoisotopic (exact) mass is 274 g/mol. The van der Waals surface area contributed by atoms with Crippen LogP contribution in [-0.2, 0) is 16.0 Å². The van der Waals surface area contributed by atoms with E-state index in [1.54, 1.807) is 11.9 Å². The molecule has 1 N–H and O–H groups in total. The molecule has 2 aliphatic heterocycles. The van der Waals surface area contributed by atoms with Crippen molar-refractivity contribution in [2.45, 2.75) is 24.9 Å². The molecule has 1 aromatic rings. The molecule has 0 aromatic heterocycles. The lowest BCUT2D eigenvalue weighted by Gasteiger charge is -2.37. The van der Waals surface area contributed by atoms with Crippen LogP contribution in [0.4, 0.5) is 0 Å². The van der Waals surface area contributed by atoms with E-state index in [-0.39, 0.29) is 11.9 Å². The molecular weight excluding hydrogens is 256 g/mol. The van der Waals surface area contributed by atoms with Crippen LogP contribution in [0.5, 0.6) is 0 Å². The van der Waals surface area contributed by atoms with Crippen LogP contribution >= 0.6 is 0 Å². The number of fused-ring (bicyclic) bond motifs is 1. The molecule has 1 aromatic carbocycles. The Bertz CT molecular complexity index is 558. The predicted octanol–water partition coefficient (Wildman–Crippen LogP) is 0.901. The van der Waals surface area contributed by atoms with Gasteiger partial charge in [0.15, 0.2) is 0 Å². The number of hydrogen-bond acceptors (Lipinski definition) is 3. The van der Waals surface area contributed by atoms with Crippen molar-refractivity contribution < 1.29 is 14.7 Å². The Morgan fingerprint density at radius 3 is 2.70 bits per heavy atom. The van der Waals surface area contributed by atoms with Crippen LogP contribution in [0.2, 0.25) is 0 Å². The lowest BCUT2D eigenvalue weighted by Crippen LogP contribution is -2.48. The molecule has 2 aliphatic rings. The van der Waals surface area contributed by atoms with E-state index in [2.05, 4.69) is 0 Å². The summed E-state index contributed by atoms with van der Waals surface area (Å²) in [5.74, 6) is -0.838. The molecule has 106 valence electrons. The highest BCUT2D eigenvalue weighted by Crippen LogP contribution is 2.33. The number of rotatable bonds is 2. The van der Waals surface area contributed by atoms with Crippen LogP contribution < -0.4 is 0 Å². The molecule has 20 heavy (non-hydrogen) atoms. The van der Waals surface area contributed by atoms with Crippen LogP contribution in [0, 0.1) is 0 Å². The minimum atomic E-state index is -0.875. The maximum absolute atomic E-state index is 12.2. The SMILES string of the molecule is CN1CCC(N2CCc3ccccc3C2C(=O)O)C1=O. The van der Waals surface area contributed by atoms with Gasteiger partial charge < -0.3 is 10.0 Å². The Morgan fingerprint density at radius 2 is 2.05 bits per heavy atom. The van der Waals surface area contributed by atoms with Crippen LogP contribution in [0.3, 0.4) is 0 Å². The number of carbonyl (C=O) groups is 2. The van der Waals surface area contributed by atoms with Crippen molar-refractivity contribution >= 4 is 11.9 Å². The van der Waals surface area contributed by atoms with Crippen molar-refractivity contribution in [3.63, 3.8) is 0 Å². The van der Waals surface area contributed by atoms with Gasteiger partial charge in [-0.25, -0.2) is 0 Å². The molecule has 5 heteroatoms. The number of likely N-dealkylation sites (tertiary alicyclic amines) is 1. The Labute approximate surface area is 117 Å². The normalized spacial score (nSPS) is 26.6. The summed E-state index contributed by atoms with van der Waals surface area (Å²) in [6, 6.07) is 6.63. The number of amides is 1. The Kier molecular flexibility index (Phi) is 3.22. The van der Waals surface area contributed by atoms with Gasteiger partial charge >= 0.3 is 5.97 Å². The van der Waals surface area contributed by atoms with E-state index < -0.39 is 12.0 Å². The molecule has 3 rings (SSSR count). The van der Waals surface area contributed by atoms with Gasteiger partial charge in [-0.2, -0.15) is 0 Å². The van der Waals surface area contributed by atoms with Gasteiger partial charge in [-0.15, -0.1) is 0 Å². The molecule has 2 heterocycles. The maximum atomic E-state index is 12.2. The number of aliphatic carboxylic acids is 1. The van der Waals surface area contributed by atoms with Gasteiger partial charge in [-0.3, -0.25) is 14.5 Å². The molecule has 5 nitrogen and oxygen atoms in total. The number of carboxylic acids is 1. The summed E-state index contributed by atoms with van der Waals surface area (Å²) in [6.45, 7) is 1.33. The fourth-order valence-corrected chi connectivity index (χ4v) is 3.31. The van der Waals surface area contributed by atoms with Crippen molar-refractivity contribution in [1.29, 1.82) is 0 Å². The molecule has 0 spiro atoms. The second-order valence-electron chi connectivity index (χ2n) is 5.49. The smallest absolute Gasteiger partial charge is 0.325 e. The zero-order valence-electron chi connectivity index (χ0n) is 11.5. The first-order chi connectivity index (χ1) is 9.59. The van der Waals surface area contributed by atoms with E-state index in [4.69, 9.17) is 0 Å². The topological polar surface area (TPSA) is 60.9 Å². The lowest BCUT2D eigenvalue weighted by atomic mass is 9.91. The second-order valence-corrected chi connectivity index (χ2v) is 5.49. The summed E-state index contributed by atoms with van der Waals surface area (Å²) >= 11 is 0. The van der Waals surface area contributed by atoms with Gasteiger partial charge in [0.25, 0.3) is 0 Å². The van der Waals surface area contributed by atoms with Gasteiger partial charge in [0.2, 0.25) is 5.91 Å². The van der Waals surface area contributed by atoms with E-state index in [9.17, 15) is 14.7 Å². The summed E-state index contributed by atoms with van der Waals surface area (Å²) in [5, 5.41) is 9.60. The maximum Gasteiger partial charge on any atom is 0.325 e. The third kappa shape index (κ3) is 1.98. The second kappa shape index (κ2) is 4.90. The number of carbonyl (C=O) groups excluding carboxylic acids is 1. The largest absolute Gasteiger partial charge is 0.480 e. The van der Waals surface area contributed by atoms with Gasteiger partial charge in [0.1, 0.15) is 6.04 Å². The van der Waals surface area contributed by atoms with E-state index in [0.717, 1.165) is 17.5 Å². The van der Waals surface area contributed by atoms with Crippen molar-refractivity contribution in [1.82, 2.24) is 9.80 Å². The number of likely N-dealkylation sites (N-methyl/N-ethyl adjacent to an activating group) is 1. The Morgan fingerprint density at radius 1 is 1.30 bits per heavy atom. The summed E-state index contributed by atoms with van der Waals surface area (Å²) in [4.78, 5) is 27.4. The van der Waals surface area contributed by atoms with Gasteiger partial charge in [-0.1, -0.05) is 24.3 Å². The van der Waals surface area contributed by atoms with Gasteiger partial charge in [0.05, 0.1) is 6.04 Å². The molecule has 0 saturated carbocycles. The molecule has 1 amide bonds. The average molecular weight is 274 g/mol. The van der Waals surface area contributed by atoms with Crippen LogP contribution in [-0.4, -0.2) is 53.0 Å². The predicted molar refractivity (Wildman–Crippen MR) is 73.3 cm³/mol. The fourth-order valence-electron chi connectivity index (χ4n) is 3.31. The standard InChI is InChI=1S/C15H18N2O3/c1-16-8-7-12(14(16)18)17-9-6-10-4-2-3-5-11(10)13(17)15(19)20/h2-5,12-13H,6-9H2,1H3,(H,19,20). The number of nitrogens with zero attached hydrogens (tertiary/aromatic N) is 2. The first kappa shape index (κ1) is 13.1. The molecule has 0 radical (unpaired) electrons. The zero-order valence-corrected chi connectivity index (χ0v) is 11.5. The lowest BCUT2D eigenvalue weighted by molar-refractivity contribution is -0.146. The Balaban J connectivity index is 1.97. The van der Waals surface area contributed by atoms with Crippen LogP contribution in [0.1, 0.15) is 23.6 Å². The van der Waals surface area contributed by atoms with E-state index in [0.29, 0.717) is 19.5 Å². The molecule has 0 bridgehead atoms. The van der Waals surface area contributed by atoms with Crippen molar-refractivity contribution in [3.8, 4) is 0 Å². The molecular formula is C15H18N2O3.